The van der Waals surface area contributed by atoms with E-state index in [0.29, 0.717) is 0 Å². The minimum absolute atomic E-state index is 0.115. The predicted octanol–water partition coefficient (Wildman–Crippen LogP) is 1.06. The number of rotatable bonds is 3. The van der Waals surface area contributed by atoms with Gasteiger partial charge in [-0.2, -0.15) is 0 Å². The number of carbonyl (C=O) groups is 2. The van der Waals surface area contributed by atoms with Gasteiger partial charge in [-0.25, -0.2) is 4.79 Å². The molecule has 0 aromatic heterocycles. The summed E-state index contributed by atoms with van der Waals surface area (Å²) in [7, 11) is 0. The van der Waals surface area contributed by atoms with E-state index in [4.69, 9.17) is 6.42 Å². The molecule has 0 atom stereocenters. The first-order valence-corrected chi connectivity index (χ1v) is 4.70. The third-order valence-corrected chi connectivity index (χ3v) is 2.09. The van der Waals surface area contributed by atoms with Gasteiger partial charge in [0.25, 0.3) is 0 Å². The SMILES string of the molecule is C#CC(C)(C)NC(=O)NC(C)(C)C(C)=O. The molecule has 2 amide bonds. The number of terminal acetylenes is 1. The lowest BCUT2D eigenvalue weighted by atomic mass is 10.0. The van der Waals surface area contributed by atoms with Crippen LogP contribution >= 0.6 is 0 Å². The zero-order chi connectivity index (χ0) is 12.3. The number of nitrogens with one attached hydrogen (secondary N) is 2. The van der Waals surface area contributed by atoms with E-state index < -0.39 is 17.1 Å². The van der Waals surface area contributed by atoms with Gasteiger partial charge in [0, 0.05) is 0 Å². The Kier molecular flexibility index (Phi) is 3.91. The number of ketones is 1. The predicted molar refractivity (Wildman–Crippen MR) is 59.3 cm³/mol. The molecule has 0 saturated carbocycles. The molecule has 0 rings (SSSR count). The highest BCUT2D eigenvalue weighted by atomic mass is 16.2. The number of amides is 2. The molecule has 15 heavy (non-hydrogen) atoms. The fraction of sp³-hybridized carbons (Fsp3) is 0.636. The summed E-state index contributed by atoms with van der Waals surface area (Å²) < 4.78 is 0. The highest BCUT2D eigenvalue weighted by Gasteiger charge is 2.27. The molecule has 0 radical (unpaired) electrons. The van der Waals surface area contributed by atoms with Crippen molar-refractivity contribution in [3.05, 3.63) is 0 Å². The number of carbonyl (C=O) groups excluding carboxylic acids is 2. The van der Waals surface area contributed by atoms with E-state index in [9.17, 15) is 9.59 Å². The van der Waals surface area contributed by atoms with Gasteiger partial charge >= 0.3 is 6.03 Å². The molecule has 0 aliphatic carbocycles. The molecular formula is C11H18N2O2. The molecule has 4 heteroatoms. The van der Waals surface area contributed by atoms with Crippen molar-refractivity contribution in [1.82, 2.24) is 10.6 Å². The van der Waals surface area contributed by atoms with Gasteiger partial charge < -0.3 is 10.6 Å². The molecule has 0 fully saturated rings. The average Bonchev–Trinajstić information content (AvgIpc) is 2.01. The van der Waals surface area contributed by atoms with Crippen LogP contribution in [-0.2, 0) is 4.79 Å². The van der Waals surface area contributed by atoms with Crippen molar-refractivity contribution in [2.45, 2.75) is 45.7 Å². The lowest BCUT2D eigenvalue weighted by molar-refractivity contribution is -0.121. The number of hydrogen-bond donors (Lipinski definition) is 2. The van der Waals surface area contributed by atoms with Gasteiger partial charge in [0.2, 0.25) is 0 Å². The quantitative estimate of drug-likeness (QED) is 0.684. The third-order valence-electron chi connectivity index (χ3n) is 2.09. The Hall–Kier alpha value is -1.50. The minimum Gasteiger partial charge on any atom is -0.326 e. The largest absolute Gasteiger partial charge is 0.326 e. The Morgan fingerprint density at radius 3 is 1.93 bits per heavy atom. The van der Waals surface area contributed by atoms with E-state index >= 15 is 0 Å². The summed E-state index contributed by atoms with van der Waals surface area (Å²) in [6.07, 6.45) is 5.22. The van der Waals surface area contributed by atoms with Crippen LogP contribution in [0.5, 0.6) is 0 Å². The highest BCUT2D eigenvalue weighted by Crippen LogP contribution is 2.04. The van der Waals surface area contributed by atoms with Crippen LogP contribution in [0.3, 0.4) is 0 Å². The van der Waals surface area contributed by atoms with Crippen LogP contribution in [0.15, 0.2) is 0 Å². The molecule has 0 aliphatic heterocycles. The molecule has 0 aromatic rings. The zero-order valence-corrected chi connectivity index (χ0v) is 9.89. The van der Waals surface area contributed by atoms with Gasteiger partial charge in [0.1, 0.15) is 0 Å². The molecule has 84 valence electrons. The van der Waals surface area contributed by atoms with Crippen LogP contribution < -0.4 is 10.6 Å². The Morgan fingerprint density at radius 2 is 1.60 bits per heavy atom. The van der Waals surface area contributed by atoms with Gasteiger partial charge in [-0.3, -0.25) is 4.79 Å². The molecule has 0 aromatic carbocycles. The van der Waals surface area contributed by atoms with Crippen LogP contribution in [0.25, 0.3) is 0 Å². The van der Waals surface area contributed by atoms with Crippen molar-refractivity contribution in [2.24, 2.45) is 0 Å². The lowest BCUT2D eigenvalue weighted by Crippen LogP contribution is -2.56. The normalized spacial score (nSPS) is 11.5. The molecule has 2 N–H and O–H groups in total. The molecular weight excluding hydrogens is 192 g/mol. The topological polar surface area (TPSA) is 58.2 Å². The van der Waals surface area contributed by atoms with Crippen molar-refractivity contribution < 1.29 is 9.59 Å². The van der Waals surface area contributed by atoms with Crippen molar-refractivity contribution in [3.8, 4) is 12.3 Å². The standard InChI is InChI=1S/C11H18N2O2/c1-7-10(3,4)12-9(15)13-11(5,6)8(2)14/h1H,2-6H3,(H2,12,13,15). The number of hydrogen-bond acceptors (Lipinski definition) is 2. The van der Waals surface area contributed by atoms with E-state index in [1.165, 1.54) is 6.92 Å². The summed E-state index contributed by atoms with van der Waals surface area (Å²) in [5.41, 5.74) is -1.61. The summed E-state index contributed by atoms with van der Waals surface area (Å²) in [5, 5.41) is 5.13. The third kappa shape index (κ3) is 4.50. The van der Waals surface area contributed by atoms with Crippen LogP contribution in [0, 0.1) is 12.3 Å². The molecule has 0 saturated heterocycles. The Labute approximate surface area is 90.8 Å². The molecule has 0 heterocycles. The summed E-state index contributed by atoms with van der Waals surface area (Å²) in [6, 6.07) is -0.446. The Morgan fingerprint density at radius 1 is 1.13 bits per heavy atom. The van der Waals surface area contributed by atoms with Crippen molar-refractivity contribution in [3.63, 3.8) is 0 Å². The maximum atomic E-state index is 11.5. The summed E-state index contributed by atoms with van der Waals surface area (Å²) in [4.78, 5) is 22.6. The maximum Gasteiger partial charge on any atom is 0.316 e. The highest BCUT2D eigenvalue weighted by molar-refractivity contribution is 5.90. The van der Waals surface area contributed by atoms with Crippen LogP contribution in [-0.4, -0.2) is 22.9 Å². The zero-order valence-electron chi connectivity index (χ0n) is 9.89. The fourth-order valence-electron chi connectivity index (χ4n) is 0.723. The van der Waals surface area contributed by atoms with Crippen molar-refractivity contribution in [2.75, 3.05) is 0 Å². The average molecular weight is 210 g/mol. The first-order chi connectivity index (χ1) is 6.60. The van der Waals surface area contributed by atoms with Crippen LogP contribution in [0.2, 0.25) is 0 Å². The summed E-state index contributed by atoms with van der Waals surface area (Å²) in [6.45, 7) is 8.10. The fourth-order valence-corrected chi connectivity index (χ4v) is 0.723. The van der Waals surface area contributed by atoms with Crippen molar-refractivity contribution >= 4 is 11.8 Å². The van der Waals surface area contributed by atoms with Gasteiger partial charge in [0.15, 0.2) is 5.78 Å². The summed E-state index contributed by atoms with van der Waals surface area (Å²) in [5.74, 6) is 2.32. The van der Waals surface area contributed by atoms with E-state index in [0.717, 1.165) is 0 Å². The second-order valence-corrected chi connectivity index (χ2v) is 4.53. The van der Waals surface area contributed by atoms with Crippen LogP contribution in [0.1, 0.15) is 34.6 Å². The molecule has 0 bridgehead atoms. The first kappa shape index (κ1) is 13.5. The van der Waals surface area contributed by atoms with E-state index in [1.807, 2.05) is 0 Å². The Bertz CT molecular complexity index is 311. The van der Waals surface area contributed by atoms with E-state index in [-0.39, 0.29) is 5.78 Å². The van der Waals surface area contributed by atoms with Gasteiger partial charge in [0.05, 0.1) is 11.1 Å². The second-order valence-electron chi connectivity index (χ2n) is 4.53. The second kappa shape index (κ2) is 4.35. The molecule has 0 aliphatic rings. The van der Waals surface area contributed by atoms with Gasteiger partial charge in [-0.05, 0) is 34.6 Å². The van der Waals surface area contributed by atoms with Crippen molar-refractivity contribution in [1.29, 1.82) is 0 Å². The smallest absolute Gasteiger partial charge is 0.316 e. The molecule has 4 nitrogen and oxygen atoms in total. The van der Waals surface area contributed by atoms with E-state index in [2.05, 4.69) is 16.6 Å². The monoisotopic (exact) mass is 210 g/mol. The first-order valence-electron chi connectivity index (χ1n) is 4.70. The van der Waals surface area contributed by atoms with Crippen LogP contribution in [0.4, 0.5) is 4.79 Å². The van der Waals surface area contributed by atoms with E-state index in [1.54, 1.807) is 27.7 Å². The Balaban J connectivity index is 4.42. The molecule has 0 unspecified atom stereocenters. The lowest BCUT2D eigenvalue weighted by Gasteiger charge is -2.26. The number of Topliss-reactive ketones (excluding diaryl/α,β-unsaturated/α-hetero) is 1. The summed E-state index contributed by atoms with van der Waals surface area (Å²) >= 11 is 0. The molecule has 0 spiro atoms. The van der Waals surface area contributed by atoms with Gasteiger partial charge in [-0.15, -0.1) is 6.42 Å². The minimum atomic E-state index is -0.880. The number of urea groups is 1. The van der Waals surface area contributed by atoms with Gasteiger partial charge in [-0.1, -0.05) is 5.92 Å². The maximum absolute atomic E-state index is 11.5.